The van der Waals surface area contributed by atoms with Crippen molar-refractivity contribution in [1.29, 1.82) is 0 Å². The first-order valence-electron chi connectivity index (χ1n) is 9.14. The number of hydrogen-bond acceptors (Lipinski definition) is 5. The smallest absolute Gasteiger partial charge is 0.342 e. The molecule has 0 unspecified atom stereocenters. The normalized spacial score (nSPS) is 11.0. The summed E-state index contributed by atoms with van der Waals surface area (Å²) in [6, 6.07) is 6.89. The second-order valence-electron chi connectivity index (χ2n) is 6.53. The molecule has 1 aromatic heterocycles. The molecular formula is C20H25N3O5. The van der Waals surface area contributed by atoms with Crippen LogP contribution in [-0.2, 0) is 6.54 Å². The largest absolute Gasteiger partial charge is 0.478 e. The molecule has 5 N–H and O–H groups in total. The summed E-state index contributed by atoms with van der Waals surface area (Å²) in [6.45, 7) is 6.58. The minimum Gasteiger partial charge on any atom is -0.478 e. The molecule has 28 heavy (non-hydrogen) atoms. The molecule has 2 aromatic rings. The Kier molecular flexibility index (Phi) is 6.94. The predicted octanol–water partition coefficient (Wildman–Crippen LogP) is 2.64. The summed E-state index contributed by atoms with van der Waals surface area (Å²) in [7, 11) is 0. The molecule has 0 saturated carbocycles. The number of aromatic amines is 1. The Morgan fingerprint density at radius 1 is 1.14 bits per heavy atom. The Morgan fingerprint density at radius 3 is 2.39 bits per heavy atom. The van der Waals surface area contributed by atoms with Crippen LogP contribution in [0.15, 0.2) is 29.1 Å². The highest BCUT2D eigenvalue weighted by molar-refractivity contribution is 6.07. The van der Waals surface area contributed by atoms with E-state index in [-0.39, 0.29) is 11.4 Å². The van der Waals surface area contributed by atoms with Crippen molar-refractivity contribution in [3.63, 3.8) is 0 Å². The van der Waals surface area contributed by atoms with Gasteiger partial charge in [-0.1, -0.05) is 38.5 Å². The third-order valence-electron chi connectivity index (χ3n) is 4.57. The topological polar surface area (TPSA) is 137 Å². The fourth-order valence-corrected chi connectivity index (χ4v) is 3.15. The number of aromatic carboxylic acids is 2. The van der Waals surface area contributed by atoms with E-state index >= 15 is 0 Å². The molecular weight excluding hydrogens is 362 g/mol. The van der Waals surface area contributed by atoms with Gasteiger partial charge in [-0.2, -0.15) is 0 Å². The first-order valence-corrected chi connectivity index (χ1v) is 9.14. The summed E-state index contributed by atoms with van der Waals surface area (Å²) >= 11 is 0. The molecule has 8 heteroatoms. The maximum Gasteiger partial charge on any atom is 0.342 e. The highest BCUT2D eigenvalue weighted by Crippen LogP contribution is 2.30. The lowest BCUT2D eigenvalue weighted by molar-refractivity contribution is 0.0695. The molecule has 0 aliphatic rings. The Bertz CT molecular complexity index is 936. The SMILES string of the molecule is CCCCN(CC)Cc1cccc(-c2c(C(=O)O)c(N)[nH]c(=O)c2C(=O)O)c1. The summed E-state index contributed by atoms with van der Waals surface area (Å²) < 4.78 is 0. The van der Waals surface area contributed by atoms with Crippen LogP contribution in [0.25, 0.3) is 11.1 Å². The summed E-state index contributed by atoms with van der Waals surface area (Å²) in [5.41, 5.74) is 4.73. The lowest BCUT2D eigenvalue weighted by Gasteiger charge is -2.21. The highest BCUT2D eigenvalue weighted by Gasteiger charge is 2.26. The maximum absolute atomic E-state index is 12.2. The molecule has 1 aromatic carbocycles. The van der Waals surface area contributed by atoms with Gasteiger partial charge in [0.15, 0.2) is 0 Å². The Labute approximate surface area is 162 Å². The minimum atomic E-state index is -1.51. The summed E-state index contributed by atoms with van der Waals surface area (Å²) in [5.74, 6) is -3.29. The zero-order chi connectivity index (χ0) is 20.8. The Hall–Kier alpha value is -3.13. The number of rotatable bonds is 9. The molecule has 1 heterocycles. The van der Waals surface area contributed by atoms with E-state index in [1.807, 2.05) is 6.07 Å². The number of carbonyl (C=O) groups is 2. The van der Waals surface area contributed by atoms with E-state index < -0.39 is 28.6 Å². The molecule has 0 aliphatic carbocycles. The van der Waals surface area contributed by atoms with Crippen molar-refractivity contribution >= 4 is 17.8 Å². The van der Waals surface area contributed by atoms with Crippen molar-refractivity contribution in [3.8, 4) is 11.1 Å². The number of hydrogen-bond donors (Lipinski definition) is 4. The van der Waals surface area contributed by atoms with E-state index in [9.17, 15) is 24.6 Å². The van der Waals surface area contributed by atoms with E-state index in [2.05, 4.69) is 23.7 Å². The number of aromatic nitrogens is 1. The fourth-order valence-electron chi connectivity index (χ4n) is 3.15. The first kappa shape index (κ1) is 21.2. The molecule has 150 valence electrons. The van der Waals surface area contributed by atoms with E-state index in [0.29, 0.717) is 12.1 Å². The van der Waals surface area contributed by atoms with E-state index in [4.69, 9.17) is 5.73 Å². The second kappa shape index (κ2) is 9.18. The Morgan fingerprint density at radius 2 is 1.82 bits per heavy atom. The van der Waals surface area contributed by atoms with Crippen LogP contribution in [0.3, 0.4) is 0 Å². The lowest BCUT2D eigenvalue weighted by atomic mass is 9.94. The number of carboxylic acids is 2. The summed E-state index contributed by atoms with van der Waals surface area (Å²) in [4.78, 5) is 39.9. The van der Waals surface area contributed by atoms with Crippen molar-refractivity contribution in [2.75, 3.05) is 18.8 Å². The summed E-state index contributed by atoms with van der Waals surface area (Å²) in [5, 5.41) is 19.0. The van der Waals surface area contributed by atoms with Crippen molar-refractivity contribution in [2.45, 2.75) is 33.2 Å². The number of nitrogens with one attached hydrogen (secondary N) is 1. The van der Waals surface area contributed by atoms with Gasteiger partial charge in [-0.3, -0.25) is 9.69 Å². The third-order valence-corrected chi connectivity index (χ3v) is 4.57. The molecule has 0 fully saturated rings. The van der Waals surface area contributed by atoms with E-state index in [1.165, 1.54) is 0 Å². The van der Waals surface area contributed by atoms with Crippen LogP contribution in [0, 0.1) is 0 Å². The number of H-pyrrole nitrogens is 1. The van der Waals surface area contributed by atoms with Gasteiger partial charge in [0, 0.05) is 12.1 Å². The average Bonchev–Trinajstić information content (AvgIpc) is 2.63. The van der Waals surface area contributed by atoms with Crippen molar-refractivity contribution in [1.82, 2.24) is 9.88 Å². The number of anilines is 1. The molecule has 0 atom stereocenters. The van der Waals surface area contributed by atoms with Gasteiger partial charge in [0.25, 0.3) is 5.56 Å². The van der Waals surface area contributed by atoms with Gasteiger partial charge in [0.2, 0.25) is 0 Å². The standard InChI is InChI=1S/C20H25N3O5/c1-3-5-9-23(4-2)11-12-7-6-8-13(10-12)14-15(19(25)26)17(21)22-18(24)16(14)20(27)28/h6-8,10H,3-5,9,11H2,1-2H3,(H,25,26)(H,27,28)(H3,21,22,24). The summed E-state index contributed by atoms with van der Waals surface area (Å²) in [6.07, 6.45) is 2.14. The molecule has 2 rings (SSSR count). The molecule has 0 bridgehead atoms. The van der Waals surface area contributed by atoms with Crippen LogP contribution < -0.4 is 11.3 Å². The number of benzene rings is 1. The van der Waals surface area contributed by atoms with Crippen molar-refractivity contribution < 1.29 is 19.8 Å². The fraction of sp³-hybridized carbons (Fsp3) is 0.350. The number of nitrogen functional groups attached to an aromatic ring is 1. The molecule has 0 amide bonds. The van der Waals surface area contributed by atoms with Gasteiger partial charge in [0.05, 0.1) is 0 Å². The zero-order valence-electron chi connectivity index (χ0n) is 16.0. The van der Waals surface area contributed by atoms with Crippen LogP contribution in [0.2, 0.25) is 0 Å². The van der Waals surface area contributed by atoms with Crippen LogP contribution in [0.1, 0.15) is 53.0 Å². The number of carboxylic acid groups (broad SMARTS) is 2. The zero-order valence-corrected chi connectivity index (χ0v) is 16.0. The van der Waals surface area contributed by atoms with E-state index in [0.717, 1.165) is 31.5 Å². The van der Waals surface area contributed by atoms with Gasteiger partial charge in [-0.15, -0.1) is 0 Å². The van der Waals surface area contributed by atoms with Gasteiger partial charge >= 0.3 is 11.9 Å². The van der Waals surface area contributed by atoms with Gasteiger partial charge < -0.3 is 20.9 Å². The third kappa shape index (κ3) is 4.58. The Balaban J connectivity index is 2.60. The first-order chi connectivity index (χ1) is 13.3. The number of nitrogens with two attached hydrogens (primary N) is 1. The van der Waals surface area contributed by atoms with Crippen LogP contribution >= 0.6 is 0 Å². The molecule has 0 aliphatic heterocycles. The van der Waals surface area contributed by atoms with Crippen molar-refractivity contribution in [3.05, 3.63) is 51.3 Å². The maximum atomic E-state index is 12.2. The van der Waals surface area contributed by atoms with Gasteiger partial charge in [0.1, 0.15) is 16.9 Å². The van der Waals surface area contributed by atoms with Gasteiger partial charge in [-0.25, -0.2) is 9.59 Å². The monoisotopic (exact) mass is 387 g/mol. The molecule has 0 saturated heterocycles. The number of unbranched alkanes of at least 4 members (excludes halogenated alkanes) is 1. The molecule has 0 radical (unpaired) electrons. The quantitative estimate of drug-likeness (QED) is 0.519. The lowest BCUT2D eigenvalue weighted by Crippen LogP contribution is -2.25. The minimum absolute atomic E-state index is 0.181. The second-order valence-corrected chi connectivity index (χ2v) is 6.53. The van der Waals surface area contributed by atoms with Crippen molar-refractivity contribution in [2.24, 2.45) is 0 Å². The van der Waals surface area contributed by atoms with E-state index in [1.54, 1.807) is 18.2 Å². The number of nitrogens with zero attached hydrogens (tertiary/aromatic N) is 1. The van der Waals surface area contributed by atoms with Crippen LogP contribution in [-0.4, -0.2) is 45.1 Å². The van der Waals surface area contributed by atoms with Crippen LogP contribution in [0.4, 0.5) is 5.82 Å². The van der Waals surface area contributed by atoms with Crippen LogP contribution in [0.5, 0.6) is 0 Å². The van der Waals surface area contributed by atoms with Gasteiger partial charge in [-0.05, 0) is 36.7 Å². The average molecular weight is 387 g/mol. The highest BCUT2D eigenvalue weighted by atomic mass is 16.4. The molecule has 0 spiro atoms. The predicted molar refractivity (Wildman–Crippen MR) is 107 cm³/mol. The number of pyridine rings is 1. The molecule has 8 nitrogen and oxygen atoms in total.